The van der Waals surface area contributed by atoms with Gasteiger partial charge in [0.15, 0.2) is 0 Å². The van der Waals surface area contributed by atoms with Gasteiger partial charge in [-0.1, -0.05) is 34.1 Å². The van der Waals surface area contributed by atoms with Crippen LogP contribution in [0.15, 0.2) is 28.7 Å². The minimum absolute atomic E-state index is 0. The van der Waals surface area contributed by atoms with E-state index in [-0.39, 0.29) is 12.4 Å². The molecular formula is C9H11BrClNO2. The molecule has 0 saturated carbocycles. The third-order valence-electron chi connectivity index (χ3n) is 1.70. The van der Waals surface area contributed by atoms with Gasteiger partial charge >= 0.3 is 5.97 Å². The molecule has 0 aliphatic heterocycles. The highest BCUT2D eigenvalue weighted by atomic mass is 79.9. The second kappa shape index (κ2) is 6.01. The van der Waals surface area contributed by atoms with Gasteiger partial charge in [-0.05, 0) is 11.6 Å². The molecule has 1 rings (SSSR count). The summed E-state index contributed by atoms with van der Waals surface area (Å²) in [5.74, 6) is -0.438. The number of esters is 1. The minimum Gasteiger partial charge on any atom is -0.468 e. The summed E-state index contributed by atoms with van der Waals surface area (Å²) in [6.07, 6.45) is 0. The van der Waals surface area contributed by atoms with Crippen LogP contribution in [0.1, 0.15) is 11.6 Å². The smallest absolute Gasteiger partial charge is 0.327 e. The van der Waals surface area contributed by atoms with Crippen LogP contribution in [0, 0.1) is 0 Å². The lowest BCUT2D eigenvalue weighted by Gasteiger charge is -2.10. The summed E-state index contributed by atoms with van der Waals surface area (Å²) in [5.41, 5.74) is 6.38. The SMILES string of the molecule is COC(=O)[C@@H](N)c1ccccc1Br.Cl. The maximum atomic E-state index is 11.1. The fourth-order valence-corrected chi connectivity index (χ4v) is 1.51. The normalized spacial score (nSPS) is 11.4. The van der Waals surface area contributed by atoms with Gasteiger partial charge in [0.1, 0.15) is 6.04 Å². The van der Waals surface area contributed by atoms with Crippen molar-refractivity contribution in [1.29, 1.82) is 0 Å². The highest BCUT2D eigenvalue weighted by Crippen LogP contribution is 2.21. The van der Waals surface area contributed by atoms with Gasteiger partial charge in [-0.2, -0.15) is 0 Å². The third kappa shape index (κ3) is 2.97. The van der Waals surface area contributed by atoms with E-state index in [0.717, 1.165) is 10.0 Å². The fourth-order valence-electron chi connectivity index (χ4n) is 0.981. The minimum atomic E-state index is -0.722. The van der Waals surface area contributed by atoms with E-state index in [4.69, 9.17) is 5.73 Å². The number of benzene rings is 1. The summed E-state index contributed by atoms with van der Waals surface area (Å²) in [6.45, 7) is 0. The molecule has 0 spiro atoms. The molecule has 0 unspecified atom stereocenters. The molecule has 1 aromatic carbocycles. The van der Waals surface area contributed by atoms with E-state index in [0.29, 0.717) is 0 Å². The number of carbonyl (C=O) groups is 1. The van der Waals surface area contributed by atoms with Gasteiger partial charge in [0, 0.05) is 4.47 Å². The van der Waals surface area contributed by atoms with E-state index in [2.05, 4.69) is 20.7 Å². The van der Waals surface area contributed by atoms with E-state index >= 15 is 0 Å². The summed E-state index contributed by atoms with van der Waals surface area (Å²) < 4.78 is 5.35. The Balaban J connectivity index is 0.00000169. The molecule has 0 amide bonds. The van der Waals surface area contributed by atoms with Crippen molar-refractivity contribution in [2.75, 3.05) is 7.11 Å². The Morgan fingerprint density at radius 1 is 1.50 bits per heavy atom. The molecule has 0 heterocycles. The average Bonchev–Trinajstić information content (AvgIpc) is 2.16. The van der Waals surface area contributed by atoms with Crippen molar-refractivity contribution in [3.8, 4) is 0 Å². The van der Waals surface area contributed by atoms with Crippen LogP contribution < -0.4 is 5.73 Å². The lowest BCUT2D eigenvalue weighted by atomic mass is 10.1. The number of methoxy groups -OCH3 is 1. The van der Waals surface area contributed by atoms with Crippen molar-refractivity contribution in [3.63, 3.8) is 0 Å². The molecule has 0 bridgehead atoms. The third-order valence-corrected chi connectivity index (χ3v) is 2.42. The molecule has 0 aliphatic carbocycles. The summed E-state index contributed by atoms with van der Waals surface area (Å²) in [6, 6.07) is 6.57. The fraction of sp³-hybridized carbons (Fsp3) is 0.222. The molecule has 0 aromatic heterocycles. The van der Waals surface area contributed by atoms with Crippen molar-refractivity contribution in [2.45, 2.75) is 6.04 Å². The van der Waals surface area contributed by atoms with E-state index in [1.807, 2.05) is 18.2 Å². The Morgan fingerprint density at radius 3 is 2.57 bits per heavy atom. The summed E-state index contributed by atoms with van der Waals surface area (Å²) in [4.78, 5) is 11.1. The monoisotopic (exact) mass is 279 g/mol. The number of hydrogen-bond donors (Lipinski definition) is 1. The topological polar surface area (TPSA) is 52.3 Å². The highest BCUT2D eigenvalue weighted by Gasteiger charge is 2.17. The average molecular weight is 281 g/mol. The second-order valence-electron chi connectivity index (χ2n) is 2.52. The largest absolute Gasteiger partial charge is 0.468 e. The maximum Gasteiger partial charge on any atom is 0.327 e. The molecule has 1 aromatic rings. The molecule has 2 N–H and O–H groups in total. The lowest BCUT2D eigenvalue weighted by molar-refractivity contribution is -0.142. The molecule has 0 aliphatic rings. The standard InChI is InChI=1S/C9H10BrNO2.ClH/c1-13-9(12)8(11)6-4-2-3-5-7(6)10;/h2-5,8H,11H2,1H3;1H/t8-;/m0./s1. The highest BCUT2D eigenvalue weighted by molar-refractivity contribution is 9.10. The maximum absolute atomic E-state index is 11.1. The Bertz CT molecular complexity index is 319. The van der Waals surface area contributed by atoms with Crippen LogP contribution in [0.2, 0.25) is 0 Å². The number of ether oxygens (including phenoxy) is 1. The number of carbonyl (C=O) groups excluding carboxylic acids is 1. The first-order valence-electron chi connectivity index (χ1n) is 3.74. The van der Waals surface area contributed by atoms with E-state index in [1.54, 1.807) is 6.07 Å². The lowest BCUT2D eigenvalue weighted by Crippen LogP contribution is -2.22. The van der Waals surface area contributed by atoms with Crippen molar-refractivity contribution in [2.24, 2.45) is 5.73 Å². The quantitative estimate of drug-likeness (QED) is 0.844. The number of nitrogens with two attached hydrogens (primary N) is 1. The first-order valence-corrected chi connectivity index (χ1v) is 4.54. The Morgan fingerprint density at radius 2 is 2.07 bits per heavy atom. The van der Waals surface area contributed by atoms with Gasteiger partial charge in [0.25, 0.3) is 0 Å². The van der Waals surface area contributed by atoms with Crippen molar-refractivity contribution in [3.05, 3.63) is 34.3 Å². The van der Waals surface area contributed by atoms with Crippen molar-refractivity contribution < 1.29 is 9.53 Å². The predicted molar refractivity (Wildman–Crippen MR) is 60.3 cm³/mol. The molecule has 3 nitrogen and oxygen atoms in total. The van der Waals surface area contributed by atoms with Crippen LogP contribution in [0.4, 0.5) is 0 Å². The number of halogens is 2. The first-order chi connectivity index (χ1) is 6.16. The Hall–Kier alpha value is -0.580. The van der Waals surface area contributed by atoms with Crippen LogP contribution in [0.5, 0.6) is 0 Å². The molecule has 0 fully saturated rings. The van der Waals surface area contributed by atoms with Gasteiger partial charge < -0.3 is 10.5 Å². The molecule has 1 atom stereocenters. The summed E-state index contributed by atoms with van der Waals surface area (Å²) in [7, 11) is 1.32. The van der Waals surface area contributed by atoms with E-state index in [9.17, 15) is 4.79 Å². The van der Waals surface area contributed by atoms with Gasteiger partial charge in [0.2, 0.25) is 0 Å². The second-order valence-corrected chi connectivity index (χ2v) is 3.38. The zero-order chi connectivity index (χ0) is 9.84. The number of rotatable bonds is 2. The van der Waals surface area contributed by atoms with Gasteiger partial charge in [0.05, 0.1) is 7.11 Å². The molecule has 78 valence electrons. The zero-order valence-electron chi connectivity index (χ0n) is 7.57. The van der Waals surface area contributed by atoms with Crippen LogP contribution in [-0.4, -0.2) is 13.1 Å². The van der Waals surface area contributed by atoms with Crippen molar-refractivity contribution in [1.82, 2.24) is 0 Å². The van der Waals surface area contributed by atoms with Gasteiger partial charge in [-0.3, -0.25) is 4.79 Å². The van der Waals surface area contributed by atoms with Crippen LogP contribution >= 0.6 is 28.3 Å². The molecule has 14 heavy (non-hydrogen) atoms. The molecule has 0 saturated heterocycles. The van der Waals surface area contributed by atoms with Crippen LogP contribution in [-0.2, 0) is 9.53 Å². The summed E-state index contributed by atoms with van der Waals surface area (Å²) >= 11 is 3.31. The number of hydrogen-bond acceptors (Lipinski definition) is 3. The van der Waals surface area contributed by atoms with Crippen LogP contribution in [0.25, 0.3) is 0 Å². The zero-order valence-corrected chi connectivity index (χ0v) is 9.97. The Labute approximate surface area is 97.2 Å². The predicted octanol–water partition coefficient (Wildman–Crippen LogP) is 2.04. The van der Waals surface area contributed by atoms with Gasteiger partial charge in [-0.25, -0.2) is 0 Å². The molecular weight excluding hydrogens is 269 g/mol. The summed E-state index contributed by atoms with van der Waals surface area (Å²) in [5, 5.41) is 0. The Kier molecular flexibility index (Phi) is 5.76. The first kappa shape index (κ1) is 13.4. The molecule has 0 radical (unpaired) electrons. The van der Waals surface area contributed by atoms with Crippen LogP contribution in [0.3, 0.4) is 0 Å². The van der Waals surface area contributed by atoms with Crippen molar-refractivity contribution >= 4 is 34.3 Å². The van der Waals surface area contributed by atoms with E-state index < -0.39 is 12.0 Å². The van der Waals surface area contributed by atoms with Gasteiger partial charge in [-0.15, -0.1) is 12.4 Å². The molecule has 5 heteroatoms. The van der Waals surface area contributed by atoms with E-state index in [1.165, 1.54) is 7.11 Å².